The molecule has 3 N–H and O–H groups in total. The van der Waals surface area contributed by atoms with E-state index in [2.05, 4.69) is 17.5 Å². The van der Waals surface area contributed by atoms with E-state index < -0.39 is 0 Å². The van der Waals surface area contributed by atoms with Gasteiger partial charge in [0.1, 0.15) is 0 Å². The predicted molar refractivity (Wildman–Crippen MR) is 53.0 cm³/mol. The van der Waals surface area contributed by atoms with Gasteiger partial charge in [-0.05, 0) is 19.8 Å². The van der Waals surface area contributed by atoms with Crippen LogP contribution in [0.15, 0.2) is 12.2 Å². The molecular formula is C10H20N2. The van der Waals surface area contributed by atoms with Crippen LogP contribution < -0.4 is 11.1 Å². The molecule has 2 atom stereocenters. The summed E-state index contributed by atoms with van der Waals surface area (Å²) < 4.78 is 0. The maximum absolute atomic E-state index is 5.97. The highest BCUT2D eigenvalue weighted by molar-refractivity contribution is 4.87. The Morgan fingerprint density at radius 1 is 1.42 bits per heavy atom. The molecule has 0 unspecified atom stereocenters. The Morgan fingerprint density at radius 3 is 2.83 bits per heavy atom. The number of rotatable bonds is 3. The van der Waals surface area contributed by atoms with Crippen molar-refractivity contribution >= 4 is 0 Å². The van der Waals surface area contributed by atoms with Gasteiger partial charge in [-0.15, -0.1) is 0 Å². The Labute approximate surface area is 75.2 Å². The van der Waals surface area contributed by atoms with Gasteiger partial charge in [-0.25, -0.2) is 0 Å². The van der Waals surface area contributed by atoms with Crippen LogP contribution in [-0.4, -0.2) is 18.6 Å². The summed E-state index contributed by atoms with van der Waals surface area (Å²) in [5.74, 6) is 0. The molecule has 0 amide bonds. The Balaban J connectivity index is 2.20. The van der Waals surface area contributed by atoms with Gasteiger partial charge in [0.05, 0.1) is 0 Å². The summed E-state index contributed by atoms with van der Waals surface area (Å²) in [7, 11) is 0. The molecule has 0 aromatic carbocycles. The molecule has 1 fully saturated rings. The monoisotopic (exact) mass is 168 g/mol. The first-order valence-corrected chi connectivity index (χ1v) is 4.94. The molecule has 0 aromatic heterocycles. The van der Waals surface area contributed by atoms with Crippen LogP contribution in [0.5, 0.6) is 0 Å². The zero-order valence-electron chi connectivity index (χ0n) is 7.92. The molecule has 0 radical (unpaired) electrons. The summed E-state index contributed by atoms with van der Waals surface area (Å²) in [6, 6.07) is 0.930. The molecule has 2 heteroatoms. The van der Waals surface area contributed by atoms with E-state index in [-0.39, 0.29) is 0 Å². The summed E-state index contributed by atoms with van der Waals surface area (Å²) in [6.07, 6.45) is 9.29. The maximum Gasteiger partial charge on any atom is 0.0222 e. The van der Waals surface area contributed by atoms with Crippen molar-refractivity contribution < 1.29 is 0 Å². The molecule has 0 bridgehead atoms. The number of allylic oxidation sites excluding steroid dienone is 1. The molecule has 1 aliphatic carbocycles. The molecule has 1 rings (SSSR count). The van der Waals surface area contributed by atoms with Gasteiger partial charge in [0.15, 0.2) is 0 Å². The Kier molecular flexibility index (Phi) is 4.33. The number of hydrogen-bond acceptors (Lipinski definition) is 2. The summed E-state index contributed by atoms with van der Waals surface area (Å²) in [6.45, 7) is 3.01. The fourth-order valence-corrected chi connectivity index (χ4v) is 1.75. The second kappa shape index (κ2) is 5.33. The van der Waals surface area contributed by atoms with E-state index in [9.17, 15) is 0 Å². The molecule has 0 saturated heterocycles. The van der Waals surface area contributed by atoms with Crippen molar-refractivity contribution in [1.82, 2.24) is 5.32 Å². The fourth-order valence-electron chi connectivity index (χ4n) is 1.75. The van der Waals surface area contributed by atoms with Crippen LogP contribution in [0.1, 0.15) is 32.6 Å². The second-order valence-electron chi connectivity index (χ2n) is 3.53. The highest BCUT2D eigenvalue weighted by atomic mass is 14.9. The lowest BCUT2D eigenvalue weighted by molar-refractivity contribution is 0.337. The Bertz CT molecular complexity index is 143. The van der Waals surface area contributed by atoms with E-state index in [1.54, 1.807) is 0 Å². The fraction of sp³-hybridized carbons (Fsp3) is 0.800. The van der Waals surface area contributed by atoms with Gasteiger partial charge >= 0.3 is 0 Å². The average Bonchev–Trinajstić information content (AvgIpc) is 2.09. The van der Waals surface area contributed by atoms with E-state index in [0.717, 1.165) is 6.54 Å². The molecular weight excluding hydrogens is 148 g/mol. The standard InChI is InChI=1S/C10H20N2/c1-2-3-8-12-10-7-5-4-6-9(10)11/h2-3,9-10,12H,4-8,11H2,1H3/t9-,10-/m1/s1. The van der Waals surface area contributed by atoms with E-state index in [1.807, 2.05) is 6.92 Å². The molecule has 12 heavy (non-hydrogen) atoms. The summed E-state index contributed by atoms with van der Waals surface area (Å²) in [5.41, 5.74) is 5.97. The van der Waals surface area contributed by atoms with Crippen LogP contribution >= 0.6 is 0 Å². The summed E-state index contributed by atoms with van der Waals surface area (Å²) in [5, 5.41) is 3.46. The van der Waals surface area contributed by atoms with Gasteiger partial charge in [-0.2, -0.15) is 0 Å². The lowest BCUT2D eigenvalue weighted by Gasteiger charge is -2.29. The van der Waals surface area contributed by atoms with Crippen LogP contribution in [0.2, 0.25) is 0 Å². The van der Waals surface area contributed by atoms with Crippen molar-refractivity contribution in [3.05, 3.63) is 12.2 Å². The first-order chi connectivity index (χ1) is 5.84. The molecule has 0 spiro atoms. The molecule has 0 heterocycles. The van der Waals surface area contributed by atoms with Crippen molar-refractivity contribution in [2.45, 2.75) is 44.7 Å². The topological polar surface area (TPSA) is 38.0 Å². The quantitative estimate of drug-likeness (QED) is 0.625. The van der Waals surface area contributed by atoms with Crippen LogP contribution in [0, 0.1) is 0 Å². The maximum atomic E-state index is 5.97. The molecule has 2 nitrogen and oxygen atoms in total. The van der Waals surface area contributed by atoms with Crippen LogP contribution in [0.3, 0.4) is 0 Å². The Morgan fingerprint density at radius 2 is 2.17 bits per heavy atom. The third-order valence-corrected chi connectivity index (χ3v) is 2.55. The normalized spacial score (nSPS) is 31.2. The van der Waals surface area contributed by atoms with Crippen LogP contribution in [0.25, 0.3) is 0 Å². The minimum atomic E-state index is 0.379. The minimum Gasteiger partial charge on any atom is -0.326 e. The van der Waals surface area contributed by atoms with Crippen LogP contribution in [-0.2, 0) is 0 Å². The zero-order chi connectivity index (χ0) is 8.81. The minimum absolute atomic E-state index is 0.379. The van der Waals surface area contributed by atoms with Gasteiger partial charge in [-0.1, -0.05) is 25.0 Å². The summed E-state index contributed by atoms with van der Waals surface area (Å²) in [4.78, 5) is 0. The van der Waals surface area contributed by atoms with Gasteiger partial charge in [-0.3, -0.25) is 0 Å². The summed E-state index contributed by atoms with van der Waals surface area (Å²) >= 11 is 0. The van der Waals surface area contributed by atoms with Crippen molar-refractivity contribution in [1.29, 1.82) is 0 Å². The van der Waals surface area contributed by atoms with Crippen molar-refractivity contribution in [2.24, 2.45) is 5.73 Å². The zero-order valence-corrected chi connectivity index (χ0v) is 7.92. The third-order valence-electron chi connectivity index (χ3n) is 2.55. The number of nitrogens with one attached hydrogen (secondary N) is 1. The molecule has 1 aliphatic rings. The largest absolute Gasteiger partial charge is 0.326 e. The molecule has 1 saturated carbocycles. The van der Waals surface area contributed by atoms with Gasteiger partial charge in [0.25, 0.3) is 0 Å². The lowest BCUT2D eigenvalue weighted by atomic mass is 9.91. The predicted octanol–water partition coefficient (Wildman–Crippen LogP) is 1.42. The van der Waals surface area contributed by atoms with Gasteiger partial charge in [0, 0.05) is 18.6 Å². The van der Waals surface area contributed by atoms with Crippen molar-refractivity contribution in [3.8, 4) is 0 Å². The third kappa shape index (κ3) is 2.95. The molecule has 0 aliphatic heterocycles. The van der Waals surface area contributed by atoms with Crippen molar-refractivity contribution in [3.63, 3.8) is 0 Å². The second-order valence-corrected chi connectivity index (χ2v) is 3.53. The first-order valence-electron chi connectivity index (χ1n) is 4.94. The van der Waals surface area contributed by atoms with E-state index in [1.165, 1.54) is 25.7 Å². The van der Waals surface area contributed by atoms with E-state index >= 15 is 0 Å². The Hall–Kier alpha value is -0.340. The number of nitrogens with two attached hydrogens (primary N) is 1. The van der Waals surface area contributed by atoms with Crippen molar-refractivity contribution in [2.75, 3.05) is 6.54 Å². The van der Waals surface area contributed by atoms with E-state index in [4.69, 9.17) is 5.73 Å². The first kappa shape index (κ1) is 9.75. The van der Waals surface area contributed by atoms with Gasteiger partial charge in [0.2, 0.25) is 0 Å². The highest BCUT2D eigenvalue weighted by Gasteiger charge is 2.19. The van der Waals surface area contributed by atoms with Crippen LogP contribution in [0.4, 0.5) is 0 Å². The lowest BCUT2D eigenvalue weighted by Crippen LogP contribution is -2.47. The average molecular weight is 168 g/mol. The SMILES string of the molecule is CC=CCN[C@@H]1CCCC[C@H]1N. The smallest absolute Gasteiger partial charge is 0.0222 e. The van der Waals surface area contributed by atoms with E-state index in [0.29, 0.717) is 12.1 Å². The van der Waals surface area contributed by atoms with Gasteiger partial charge < -0.3 is 11.1 Å². The molecule has 70 valence electrons. The molecule has 0 aromatic rings. The number of hydrogen-bond donors (Lipinski definition) is 2. The highest BCUT2D eigenvalue weighted by Crippen LogP contribution is 2.16.